The SMILES string of the molecule is C.C.C.C.Cc1cnc2c(c1)[nH]c1nc(F)ccc12.Cc1cnc2c(c1)[nH]c1nc(OCCOCCOCCF)ccc12.O=CC(F)(F)F.O=CO[O-].OCCOCCOCCO.[H-].[K+].[K+]. The Kier molecular flexibility index (Phi) is 46.3. The van der Waals surface area contributed by atoms with Crippen molar-refractivity contribution in [3.63, 3.8) is 0 Å². The van der Waals surface area contributed by atoms with Crippen molar-refractivity contribution >= 4 is 56.9 Å². The second-order valence-electron chi connectivity index (χ2n) is 11.4. The van der Waals surface area contributed by atoms with E-state index in [2.05, 4.69) is 34.8 Å². The van der Waals surface area contributed by atoms with Crippen LogP contribution in [-0.2, 0) is 33.4 Å². The van der Waals surface area contributed by atoms with E-state index in [-0.39, 0.29) is 160 Å². The molecule has 65 heavy (non-hydrogen) atoms. The van der Waals surface area contributed by atoms with Gasteiger partial charge >= 0.3 is 109 Å². The number of alkyl halides is 4. The molecule has 17 nitrogen and oxygen atoms in total. The second kappa shape index (κ2) is 41.9. The average molecular weight is 987 g/mol. The number of aromatic amines is 2. The number of rotatable bonds is 17. The summed E-state index contributed by atoms with van der Waals surface area (Å²) in [5.41, 5.74) is 7.06. The van der Waals surface area contributed by atoms with Crippen LogP contribution < -0.4 is 113 Å². The maximum absolute atomic E-state index is 12.9. The Morgan fingerprint density at radius 2 is 1.09 bits per heavy atom. The Morgan fingerprint density at radius 3 is 1.51 bits per heavy atom. The molecule has 6 rings (SSSR count). The quantitative estimate of drug-likeness (QED) is 0.0182. The number of halogens is 5. The maximum atomic E-state index is 12.9. The van der Waals surface area contributed by atoms with Crippen LogP contribution in [0.5, 0.6) is 5.88 Å². The summed E-state index contributed by atoms with van der Waals surface area (Å²) in [7, 11) is 0. The molecular weight excluding hydrogens is 926 g/mol. The summed E-state index contributed by atoms with van der Waals surface area (Å²) in [5.74, 6) is 0.0498. The van der Waals surface area contributed by atoms with Crippen LogP contribution in [0, 0.1) is 19.8 Å². The molecule has 24 heteroatoms. The number of H-pyrrole nitrogens is 2. The number of hydrogen-bond acceptors (Lipinski definition) is 15. The largest absolute Gasteiger partial charge is 1.00 e. The van der Waals surface area contributed by atoms with E-state index in [1.54, 1.807) is 12.3 Å². The minimum Gasteiger partial charge on any atom is -1.00 e. The van der Waals surface area contributed by atoms with Crippen LogP contribution in [0.1, 0.15) is 42.3 Å². The Hall–Kier alpha value is -2.22. The van der Waals surface area contributed by atoms with Crippen LogP contribution in [0.4, 0.5) is 22.0 Å². The molecule has 0 radical (unpaired) electrons. The third-order valence-electron chi connectivity index (χ3n) is 6.88. The van der Waals surface area contributed by atoms with Gasteiger partial charge in [0.2, 0.25) is 18.1 Å². The van der Waals surface area contributed by atoms with Crippen molar-refractivity contribution in [3.05, 3.63) is 65.9 Å². The number of fused-ring (bicyclic) bond motifs is 6. The summed E-state index contributed by atoms with van der Waals surface area (Å²) in [6, 6.07) is 10.8. The third-order valence-corrected chi connectivity index (χ3v) is 6.88. The third kappa shape index (κ3) is 29.3. The molecule has 0 aliphatic rings. The minimum atomic E-state index is -4.64. The van der Waals surface area contributed by atoms with E-state index in [1.165, 1.54) is 6.07 Å². The maximum Gasteiger partial charge on any atom is 1.00 e. The normalized spacial score (nSPS) is 9.75. The number of carbonyl (C=O) groups is 2. The summed E-state index contributed by atoms with van der Waals surface area (Å²) in [5, 5.41) is 26.8. The van der Waals surface area contributed by atoms with Gasteiger partial charge in [-0.25, -0.2) is 9.37 Å². The molecule has 0 bridgehead atoms. The Labute approximate surface area is 462 Å². The molecule has 6 aromatic rings. The van der Waals surface area contributed by atoms with Crippen molar-refractivity contribution in [2.45, 2.75) is 49.7 Å². The van der Waals surface area contributed by atoms with Crippen LogP contribution in [0.2, 0.25) is 0 Å². The standard InChI is InChI=1S/C17H20FN3O3.C11H8FN3.C6H14O4.C2HF3O.CH2O3.4CH4.2K.H/c1-12-10-14-16(19-11-12)13-2-3-15(21-17(13)20-14)24-9-8-23-7-6-22-5-4-18;1-6-4-8-10(13-5-6)7-2-3-9(12)15-11(7)14-8;7-1-3-9-5-6-10-4-2-8;3-2(4,5)1-6;2-1-4-3;;;;;;;/h2-3,10-11H,4-9H2,1H3,(H,20,21);2-5H,1H3,(H,14,15);7-8H,1-6H2;1H;1,3H;4*1H4;;;/q;;;;;;;;;2*+1;-1/p-1. The van der Waals surface area contributed by atoms with Gasteiger partial charge in [-0.15, -0.1) is 0 Å². The summed E-state index contributed by atoms with van der Waals surface area (Å²) in [6.07, 6.45) is -2.07. The Balaban J connectivity index is -0.000000187. The Morgan fingerprint density at radius 1 is 0.692 bits per heavy atom. The van der Waals surface area contributed by atoms with Crippen LogP contribution in [0.15, 0.2) is 48.8 Å². The number of aromatic nitrogens is 6. The van der Waals surface area contributed by atoms with E-state index in [1.807, 2.05) is 44.3 Å². The van der Waals surface area contributed by atoms with Crippen LogP contribution in [0.3, 0.4) is 0 Å². The molecule has 0 saturated heterocycles. The van der Waals surface area contributed by atoms with Crippen molar-refractivity contribution in [2.24, 2.45) is 0 Å². The van der Waals surface area contributed by atoms with Crippen molar-refractivity contribution in [2.75, 3.05) is 79.4 Å². The number of carbonyl (C=O) groups excluding carboxylic acids is 2. The van der Waals surface area contributed by atoms with E-state index < -0.39 is 25.1 Å². The first-order chi connectivity index (χ1) is 28.4. The number of aryl methyl sites for hydroxylation is 2. The molecule has 0 aromatic carbocycles. The summed E-state index contributed by atoms with van der Waals surface area (Å²) in [4.78, 5) is 43.2. The van der Waals surface area contributed by atoms with Crippen molar-refractivity contribution in [3.8, 4) is 5.88 Å². The van der Waals surface area contributed by atoms with E-state index in [9.17, 15) is 22.0 Å². The van der Waals surface area contributed by atoms with Gasteiger partial charge in [0, 0.05) is 29.2 Å². The molecule has 0 saturated carbocycles. The number of aliphatic hydroxyl groups excluding tert-OH is 2. The van der Waals surface area contributed by atoms with Gasteiger partial charge in [-0.3, -0.25) is 19.6 Å². The first-order valence-electron chi connectivity index (χ1n) is 17.5. The fraction of sp³-hybridized carbons (Fsp3) is 0.463. The molecule has 0 unspecified atom stereocenters. The molecule has 0 fully saturated rings. The van der Waals surface area contributed by atoms with E-state index in [4.69, 9.17) is 48.7 Å². The molecule has 6 heterocycles. The smallest absolute Gasteiger partial charge is 1.00 e. The van der Waals surface area contributed by atoms with Crippen LogP contribution >= 0.6 is 0 Å². The predicted molar refractivity (Wildman–Crippen MR) is 228 cm³/mol. The van der Waals surface area contributed by atoms with E-state index in [0.717, 1.165) is 49.6 Å². The van der Waals surface area contributed by atoms with Gasteiger partial charge in [-0.1, -0.05) is 29.7 Å². The van der Waals surface area contributed by atoms with E-state index in [0.29, 0.717) is 64.4 Å². The molecule has 6 aromatic heterocycles. The number of hydrogen-bond donors (Lipinski definition) is 4. The summed E-state index contributed by atoms with van der Waals surface area (Å²) >= 11 is 0. The van der Waals surface area contributed by atoms with Crippen LogP contribution in [-0.4, -0.2) is 138 Å². The summed E-state index contributed by atoms with van der Waals surface area (Å²) in [6.45, 7) is 6.77. The zero-order chi connectivity index (χ0) is 43.5. The first kappa shape index (κ1) is 71.8. The topological polar surface area (TPSA) is 236 Å². The van der Waals surface area contributed by atoms with Crippen molar-refractivity contribution in [1.29, 1.82) is 0 Å². The van der Waals surface area contributed by atoms with Crippen molar-refractivity contribution in [1.82, 2.24) is 29.9 Å². The molecule has 4 N–H and O–H groups in total. The minimum absolute atomic E-state index is 0. The zero-order valence-electron chi connectivity index (χ0n) is 35.0. The number of pyridine rings is 4. The molecule has 358 valence electrons. The summed E-state index contributed by atoms with van der Waals surface area (Å²) < 4.78 is 81.6. The van der Waals surface area contributed by atoms with Crippen molar-refractivity contribution < 1.29 is 180 Å². The predicted octanol–water partition coefficient (Wildman–Crippen LogP) is 0.211. The fourth-order valence-electron chi connectivity index (χ4n) is 4.58. The number of aliphatic hydroxyl groups is 2. The molecule has 0 atom stereocenters. The number of ether oxygens (including phenoxy) is 5. The molecule has 0 amide bonds. The van der Waals surface area contributed by atoms with Gasteiger partial charge in [0.25, 0.3) is 6.47 Å². The zero-order valence-corrected chi connectivity index (χ0v) is 40.3. The monoisotopic (exact) mass is 986 g/mol. The average Bonchev–Trinajstić information content (AvgIpc) is 3.76. The van der Waals surface area contributed by atoms with Gasteiger partial charge < -0.3 is 55.4 Å². The van der Waals surface area contributed by atoms with Gasteiger partial charge in [0.1, 0.15) is 24.6 Å². The fourth-order valence-corrected chi connectivity index (χ4v) is 4.58. The van der Waals surface area contributed by atoms with Gasteiger partial charge in [0.15, 0.2) is 0 Å². The number of nitrogens with zero attached hydrogens (tertiary/aromatic N) is 4. The van der Waals surface area contributed by atoms with Gasteiger partial charge in [-0.2, -0.15) is 22.5 Å². The van der Waals surface area contributed by atoms with Gasteiger partial charge in [0.05, 0.1) is 88.1 Å². The molecular formula is C41H61F5K2N6O11. The number of nitrogens with one attached hydrogen (secondary N) is 2. The Bertz CT molecular complexity index is 2060. The second-order valence-corrected chi connectivity index (χ2v) is 11.4. The molecule has 0 aliphatic carbocycles. The van der Waals surface area contributed by atoms with Gasteiger partial charge in [-0.05, 0) is 55.3 Å². The number of aldehydes is 1. The first-order valence-corrected chi connectivity index (χ1v) is 17.5. The van der Waals surface area contributed by atoms with Crippen LogP contribution in [0.25, 0.3) is 44.1 Å². The van der Waals surface area contributed by atoms with E-state index >= 15 is 0 Å². The molecule has 0 aliphatic heterocycles. The molecule has 0 spiro atoms.